The molecule has 0 atom stereocenters. The minimum absolute atomic E-state index is 0.188. The minimum Gasteiger partial charge on any atom is -0.461 e. The molecule has 0 amide bonds. The predicted octanol–water partition coefficient (Wildman–Crippen LogP) is 3.66. The topological polar surface area (TPSA) is 61.3 Å². The molecule has 1 heterocycles. The van der Waals surface area contributed by atoms with Gasteiger partial charge in [-0.05, 0) is 41.2 Å². The molecule has 6 heteroatoms. The third-order valence-corrected chi connectivity index (χ3v) is 3.56. The maximum Gasteiger partial charge on any atom is 0.369 e. The molecule has 0 unspecified atom stereocenters. The summed E-state index contributed by atoms with van der Waals surface area (Å²) in [5, 5.41) is 10.3. The third kappa shape index (κ3) is 3.00. The normalized spacial score (nSPS) is 10.5. The second kappa shape index (κ2) is 5.88. The van der Waals surface area contributed by atoms with E-state index in [1.807, 2.05) is 42.5 Å². The number of carbonyl (C=O) groups is 1. The molecule has 3 rings (SSSR count). The van der Waals surface area contributed by atoms with Crippen LogP contribution in [0.5, 0.6) is 10.9 Å². The van der Waals surface area contributed by atoms with Crippen LogP contribution in [0.3, 0.4) is 0 Å². The van der Waals surface area contributed by atoms with Crippen LogP contribution >= 0.6 is 11.3 Å². The second-order valence-electron chi connectivity index (χ2n) is 4.20. The number of ether oxygens (including phenoxy) is 2. The van der Waals surface area contributed by atoms with Crippen LogP contribution in [0, 0.1) is 0 Å². The lowest BCUT2D eigenvalue weighted by Crippen LogP contribution is -2.03. The van der Waals surface area contributed by atoms with E-state index in [0.29, 0.717) is 17.6 Å². The van der Waals surface area contributed by atoms with Crippen molar-refractivity contribution in [3.63, 3.8) is 0 Å². The Hall–Kier alpha value is -2.47. The first-order valence-corrected chi connectivity index (χ1v) is 7.25. The van der Waals surface area contributed by atoms with Gasteiger partial charge in [0.05, 0.1) is 6.61 Å². The highest BCUT2D eigenvalue weighted by Crippen LogP contribution is 2.28. The van der Waals surface area contributed by atoms with Crippen molar-refractivity contribution in [2.24, 2.45) is 0 Å². The lowest BCUT2D eigenvalue weighted by molar-refractivity contribution is 0.0525. The molecule has 5 nitrogen and oxygen atoms in total. The molecular formula is C15H12N2O3S. The number of benzene rings is 2. The Morgan fingerprint density at radius 3 is 2.76 bits per heavy atom. The second-order valence-corrected chi connectivity index (χ2v) is 5.14. The van der Waals surface area contributed by atoms with E-state index >= 15 is 0 Å². The van der Waals surface area contributed by atoms with Gasteiger partial charge in [0, 0.05) is 0 Å². The molecule has 2 aromatic carbocycles. The predicted molar refractivity (Wildman–Crippen MR) is 79.9 cm³/mol. The van der Waals surface area contributed by atoms with Crippen LogP contribution in [-0.2, 0) is 4.74 Å². The molecule has 0 saturated carbocycles. The Morgan fingerprint density at radius 1 is 1.14 bits per heavy atom. The van der Waals surface area contributed by atoms with Crippen LogP contribution in [0.25, 0.3) is 10.8 Å². The number of hydrogen-bond acceptors (Lipinski definition) is 6. The van der Waals surface area contributed by atoms with Crippen molar-refractivity contribution in [2.75, 3.05) is 6.61 Å². The molecule has 21 heavy (non-hydrogen) atoms. The van der Waals surface area contributed by atoms with E-state index in [-0.39, 0.29) is 5.01 Å². The fraction of sp³-hybridized carbons (Fsp3) is 0.133. The van der Waals surface area contributed by atoms with Gasteiger partial charge in [0.1, 0.15) is 5.75 Å². The van der Waals surface area contributed by atoms with Gasteiger partial charge in [0.25, 0.3) is 5.19 Å². The number of aromatic nitrogens is 2. The molecule has 0 fully saturated rings. The van der Waals surface area contributed by atoms with Crippen molar-refractivity contribution in [1.29, 1.82) is 0 Å². The molecule has 0 radical (unpaired) electrons. The zero-order valence-electron chi connectivity index (χ0n) is 11.3. The van der Waals surface area contributed by atoms with Crippen LogP contribution in [-0.4, -0.2) is 22.8 Å². The fourth-order valence-electron chi connectivity index (χ4n) is 1.86. The Morgan fingerprint density at radius 2 is 1.95 bits per heavy atom. The SMILES string of the molecule is CCOC(=O)c1nnc(Oc2ccc3ccccc3c2)s1. The van der Waals surface area contributed by atoms with E-state index < -0.39 is 5.97 Å². The van der Waals surface area contributed by atoms with Crippen molar-refractivity contribution in [1.82, 2.24) is 10.2 Å². The average Bonchev–Trinajstić information content (AvgIpc) is 2.96. The van der Waals surface area contributed by atoms with Gasteiger partial charge in [0.2, 0.25) is 5.01 Å². The van der Waals surface area contributed by atoms with Gasteiger partial charge >= 0.3 is 5.97 Å². The first-order chi connectivity index (χ1) is 10.3. The van der Waals surface area contributed by atoms with Crippen molar-refractivity contribution in [3.05, 3.63) is 47.5 Å². The highest BCUT2D eigenvalue weighted by Gasteiger charge is 2.14. The van der Waals surface area contributed by atoms with Gasteiger partial charge in [-0.2, -0.15) is 0 Å². The van der Waals surface area contributed by atoms with E-state index in [9.17, 15) is 4.79 Å². The maximum atomic E-state index is 11.5. The minimum atomic E-state index is -0.483. The van der Waals surface area contributed by atoms with Crippen LogP contribution in [0.4, 0.5) is 0 Å². The number of esters is 1. The zero-order chi connectivity index (χ0) is 14.7. The first-order valence-electron chi connectivity index (χ1n) is 6.43. The van der Waals surface area contributed by atoms with E-state index in [0.717, 1.165) is 22.1 Å². The fourth-order valence-corrected chi connectivity index (χ4v) is 2.47. The number of fused-ring (bicyclic) bond motifs is 1. The standard InChI is InChI=1S/C15H12N2O3S/c1-2-19-14(18)13-16-17-15(21-13)20-12-8-7-10-5-3-4-6-11(10)9-12/h3-9H,2H2,1H3. The average molecular weight is 300 g/mol. The summed E-state index contributed by atoms with van der Waals surface area (Å²) in [4.78, 5) is 11.5. The van der Waals surface area contributed by atoms with Crippen molar-refractivity contribution in [3.8, 4) is 10.9 Å². The lowest BCUT2D eigenvalue weighted by atomic mass is 10.1. The van der Waals surface area contributed by atoms with E-state index in [1.54, 1.807) is 6.92 Å². The van der Waals surface area contributed by atoms with E-state index in [2.05, 4.69) is 10.2 Å². The smallest absolute Gasteiger partial charge is 0.369 e. The van der Waals surface area contributed by atoms with Gasteiger partial charge < -0.3 is 9.47 Å². The Balaban J connectivity index is 1.80. The molecule has 0 aliphatic carbocycles. The molecule has 0 aliphatic rings. The summed E-state index contributed by atoms with van der Waals surface area (Å²) in [6.07, 6.45) is 0. The van der Waals surface area contributed by atoms with Crippen molar-refractivity contribution >= 4 is 28.1 Å². The lowest BCUT2D eigenvalue weighted by Gasteiger charge is -2.02. The highest BCUT2D eigenvalue weighted by molar-refractivity contribution is 7.14. The van der Waals surface area contributed by atoms with Crippen molar-refractivity contribution in [2.45, 2.75) is 6.92 Å². The number of hydrogen-bond donors (Lipinski definition) is 0. The molecule has 0 bridgehead atoms. The summed E-state index contributed by atoms with van der Waals surface area (Å²) < 4.78 is 10.5. The van der Waals surface area contributed by atoms with Gasteiger partial charge in [0.15, 0.2) is 0 Å². The summed E-state index contributed by atoms with van der Waals surface area (Å²) in [5.74, 6) is 0.170. The van der Waals surface area contributed by atoms with Gasteiger partial charge in [-0.15, -0.1) is 5.10 Å². The first kappa shape index (κ1) is 13.5. The maximum absolute atomic E-state index is 11.5. The van der Waals surface area contributed by atoms with E-state index in [4.69, 9.17) is 9.47 Å². The van der Waals surface area contributed by atoms with Crippen LogP contribution < -0.4 is 4.74 Å². The molecule has 0 saturated heterocycles. The summed E-state index contributed by atoms with van der Waals surface area (Å²) >= 11 is 1.06. The number of nitrogens with zero attached hydrogens (tertiary/aromatic N) is 2. The van der Waals surface area contributed by atoms with Crippen LogP contribution in [0.15, 0.2) is 42.5 Å². The Bertz CT molecular complexity index is 785. The molecule has 0 spiro atoms. The van der Waals surface area contributed by atoms with Gasteiger partial charge in [-0.1, -0.05) is 35.4 Å². The van der Waals surface area contributed by atoms with Gasteiger partial charge in [-0.3, -0.25) is 0 Å². The van der Waals surface area contributed by atoms with Crippen LogP contribution in [0.2, 0.25) is 0 Å². The van der Waals surface area contributed by atoms with Gasteiger partial charge in [-0.25, -0.2) is 4.79 Å². The molecular weight excluding hydrogens is 288 g/mol. The van der Waals surface area contributed by atoms with E-state index in [1.165, 1.54) is 0 Å². The van der Waals surface area contributed by atoms with Crippen LogP contribution in [0.1, 0.15) is 16.7 Å². The summed E-state index contributed by atoms with van der Waals surface area (Å²) in [7, 11) is 0. The number of carbonyl (C=O) groups excluding carboxylic acids is 1. The summed E-state index contributed by atoms with van der Waals surface area (Å²) in [6.45, 7) is 2.05. The summed E-state index contributed by atoms with van der Waals surface area (Å²) in [5.41, 5.74) is 0. The number of rotatable bonds is 4. The molecule has 106 valence electrons. The summed E-state index contributed by atoms with van der Waals surface area (Å²) in [6, 6.07) is 13.7. The molecule has 0 N–H and O–H groups in total. The van der Waals surface area contributed by atoms with Crippen molar-refractivity contribution < 1.29 is 14.3 Å². The molecule has 0 aliphatic heterocycles. The highest BCUT2D eigenvalue weighted by atomic mass is 32.1. The quantitative estimate of drug-likeness (QED) is 0.688. The monoisotopic (exact) mass is 300 g/mol. The zero-order valence-corrected chi connectivity index (χ0v) is 12.1. The molecule has 3 aromatic rings. The Kier molecular flexibility index (Phi) is 3.79. The Labute approximate surface area is 125 Å². The molecule has 1 aromatic heterocycles. The largest absolute Gasteiger partial charge is 0.461 e. The third-order valence-electron chi connectivity index (χ3n) is 2.78.